The summed E-state index contributed by atoms with van der Waals surface area (Å²) in [5.74, 6) is 1.10. The molecule has 5 heteroatoms. The quantitative estimate of drug-likeness (QED) is 0.222. The van der Waals surface area contributed by atoms with Crippen molar-refractivity contribution in [3.05, 3.63) is 121 Å². The molecule has 0 amide bonds. The van der Waals surface area contributed by atoms with Crippen LogP contribution < -0.4 is 5.32 Å². The number of fused-ring (bicyclic) bond motifs is 7. The molecule has 186 valence electrons. The van der Waals surface area contributed by atoms with Crippen LogP contribution in [0, 0.1) is 0 Å². The molecule has 3 N–H and O–H groups in total. The number of nitrogens with one attached hydrogen (secondary N) is 1. The highest BCUT2D eigenvalue weighted by molar-refractivity contribution is 6.10. The van der Waals surface area contributed by atoms with Crippen molar-refractivity contribution < 1.29 is 10.2 Å². The number of para-hydroxylation sites is 3. The van der Waals surface area contributed by atoms with Gasteiger partial charge in [-0.25, -0.2) is 4.98 Å². The zero-order chi connectivity index (χ0) is 26.1. The van der Waals surface area contributed by atoms with Gasteiger partial charge >= 0.3 is 0 Å². The first-order chi connectivity index (χ1) is 19.2. The van der Waals surface area contributed by atoms with Gasteiger partial charge in [0.25, 0.3) is 0 Å². The predicted octanol–water partition coefficient (Wildman–Crippen LogP) is 8.06. The number of hydrogen-bond donors (Lipinski definition) is 3. The number of rotatable bonds is 2. The third-order valence-corrected chi connectivity index (χ3v) is 7.82. The van der Waals surface area contributed by atoms with Gasteiger partial charge in [0.1, 0.15) is 23.5 Å². The molecule has 6 aromatic carbocycles. The molecule has 0 fully saturated rings. The molecule has 0 bridgehead atoms. The number of aromatic nitrogens is 2. The van der Waals surface area contributed by atoms with Crippen LogP contribution in [0.5, 0.6) is 11.5 Å². The van der Waals surface area contributed by atoms with Crippen LogP contribution in [0.15, 0.2) is 115 Å². The van der Waals surface area contributed by atoms with Crippen LogP contribution >= 0.6 is 0 Å². The summed E-state index contributed by atoms with van der Waals surface area (Å²) in [5.41, 5.74) is 5.77. The Morgan fingerprint density at radius 3 is 2.23 bits per heavy atom. The molecule has 0 radical (unpaired) electrons. The van der Waals surface area contributed by atoms with Gasteiger partial charge in [-0.2, -0.15) is 0 Å². The highest BCUT2D eigenvalue weighted by atomic mass is 16.3. The Bertz CT molecular complexity index is 2090. The zero-order valence-electron chi connectivity index (χ0n) is 20.8. The summed E-state index contributed by atoms with van der Waals surface area (Å²) in [6.07, 6.45) is -0.428. The van der Waals surface area contributed by atoms with Crippen LogP contribution in [0.1, 0.15) is 11.7 Å². The van der Waals surface area contributed by atoms with Gasteiger partial charge < -0.3 is 15.5 Å². The summed E-state index contributed by atoms with van der Waals surface area (Å²) in [4.78, 5) is 5.00. The molecule has 7 aromatic rings. The molecule has 1 aliphatic heterocycles. The predicted molar refractivity (Wildman–Crippen MR) is 157 cm³/mol. The standard InChI is InChI=1S/C34H23N3O2/c38-29-18-17-20-9-1-3-11-22(20)30(29)31-23-12-4-2-10-21(23)19-25(32(31)39)34-35-26-14-6-5-13-24(26)33-36-27-15-7-8-16-28(27)37(33)34/h1-19,34-35,38-39H. The van der Waals surface area contributed by atoms with Gasteiger partial charge in [-0.1, -0.05) is 78.9 Å². The van der Waals surface area contributed by atoms with E-state index in [0.29, 0.717) is 16.7 Å². The van der Waals surface area contributed by atoms with Crippen molar-refractivity contribution in [1.29, 1.82) is 0 Å². The molecule has 0 aliphatic carbocycles. The normalized spacial score (nSPS) is 14.3. The number of anilines is 1. The molecule has 39 heavy (non-hydrogen) atoms. The molecule has 1 aromatic heterocycles. The SMILES string of the molecule is Oc1ccc2ccccc2c1-c1c(O)c(C2Nc3ccccc3-c3nc4ccccc4n32)cc2ccccc12. The van der Waals surface area contributed by atoms with E-state index in [0.717, 1.165) is 49.7 Å². The average Bonchev–Trinajstić information content (AvgIpc) is 3.37. The molecular formula is C34H23N3O2. The Balaban J connectivity index is 1.48. The molecule has 1 atom stereocenters. The second-order valence-corrected chi connectivity index (χ2v) is 9.98. The molecule has 1 aliphatic rings. The Kier molecular flexibility index (Phi) is 4.52. The summed E-state index contributed by atoms with van der Waals surface area (Å²) >= 11 is 0. The monoisotopic (exact) mass is 505 g/mol. The van der Waals surface area contributed by atoms with E-state index >= 15 is 0 Å². The van der Waals surface area contributed by atoms with Crippen molar-refractivity contribution >= 4 is 38.3 Å². The second-order valence-electron chi connectivity index (χ2n) is 9.98. The van der Waals surface area contributed by atoms with E-state index in [9.17, 15) is 10.2 Å². The third kappa shape index (κ3) is 3.10. The van der Waals surface area contributed by atoms with E-state index in [1.165, 1.54) is 0 Å². The summed E-state index contributed by atoms with van der Waals surface area (Å²) in [7, 11) is 0. The minimum Gasteiger partial charge on any atom is -0.507 e. The van der Waals surface area contributed by atoms with E-state index in [1.807, 2.05) is 97.1 Å². The maximum atomic E-state index is 12.2. The lowest BCUT2D eigenvalue weighted by Gasteiger charge is -2.31. The number of aromatic hydroxyl groups is 2. The number of phenolic OH excluding ortho intramolecular Hbond substituents is 2. The van der Waals surface area contributed by atoms with Crippen molar-refractivity contribution in [2.75, 3.05) is 5.32 Å². The molecule has 8 rings (SSSR count). The van der Waals surface area contributed by atoms with Crippen molar-refractivity contribution in [2.45, 2.75) is 6.17 Å². The maximum absolute atomic E-state index is 12.2. The van der Waals surface area contributed by atoms with Crippen LogP contribution in [-0.4, -0.2) is 19.8 Å². The summed E-state index contributed by atoms with van der Waals surface area (Å²) < 4.78 is 2.16. The highest BCUT2D eigenvalue weighted by Gasteiger charge is 2.31. The minimum atomic E-state index is -0.428. The lowest BCUT2D eigenvalue weighted by molar-refractivity contribution is 0.459. The van der Waals surface area contributed by atoms with Crippen molar-refractivity contribution in [1.82, 2.24) is 9.55 Å². The summed E-state index contributed by atoms with van der Waals surface area (Å²) in [5, 5.41) is 30.8. The van der Waals surface area contributed by atoms with Crippen molar-refractivity contribution in [3.63, 3.8) is 0 Å². The van der Waals surface area contributed by atoms with Gasteiger partial charge in [0.05, 0.1) is 11.0 Å². The Morgan fingerprint density at radius 1 is 0.667 bits per heavy atom. The fraction of sp³-hybridized carbons (Fsp3) is 0.0294. The summed E-state index contributed by atoms with van der Waals surface area (Å²) in [6, 6.07) is 37.8. The van der Waals surface area contributed by atoms with Crippen molar-refractivity contribution in [3.8, 4) is 34.0 Å². The minimum absolute atomic E-state index is 0.126. The van der Waals surface area contributed by atoms with Gasteiger partial charge in [-0.15, -0.1) is 0 Å². The topological polar surface area (TPSA) is 70.3 Å². The van der Waals surface area contributed by atoms with Crippen LogP contribution in [-0.2, 0) is 0 Å². The van der Waals surface area contributed by atoms with E-state index in [2.05, 4.69) is 22.0 Å². The number of nitrogens with zero attached hydrogens (tertiary/aromatic N) is 2. The Hall–Kier alpha value is -5.29. The molecule has 0 spiro atoms. The molecular weight excluding hydrogens is 482 g/mol. The molecule has 2 heterocycles. The van der Waals surface area contributed by atoms with Crippen molar-refractivity contribution in [2.24, 2.45) is 0 Å². The van der Waals surface area contributed by atoms with Gasteiger partial charge in [0, 0.05) is 27.9 Å². The molecule has 5 nitrogen and oxygen atoms in total. The fourth-order valence-electron chi connectivity index (χ4n) is 6.07. The third-order valence-electron chi connectivity index (χ3n) is 7.82. The maximum Gasteiger partial charge on any atom is 0.145 e. The number of benzene rings is 6. The first-order valence-electron chi connectivity index (χ1n) is 13.0. The summed E-state index contributed by atoms with van der Waals surface area (Å²) in [6.45, 7) is 0. The highest BCUT2D eigenvalue weighted by Crippen LogP contribution is 2.50. The lowest BCUT2D eigenvalue weighted by atomic mass is 9.89. The average molecular weight is 506 g/mol. The lowest BCUT2D eigenvalue weighted by Crippen LogP contribution is -2.25. The van der Waals surface area contributed by atoms with E-state index in [-0.39, 0.29) is 11.5 Å². The largest absolute Gasteiger partial charge is 0.507 e. The number of phenols is 2. The first kappa shape index (κ1) is 21.8. The van der Waals surface area contributed by atoms with Gasteiger partial charge in [0.15, 0.2) is 0 Å². The van der Waals surface area contributed by atoms with Crippen LogP contribution in [0.25, 0.3) is 55.1 Å². The molecule has 1 unspecified atom stereocenters. The van der Waals surface area contributed by atoms with Crippen LogP contribution in [0.3, 0.4) is 0 Å². The zero-order valence-corrected chi connectivity index (χ0v) is 20.8. The second kappa shape index (κ2) is 8.10. The fourth-order valence-corrected chi connectivity index (χ4v) is 6.07. The number of hydrogen-bond acceptors (Lipinski definition) is 4. The molecule has 0 saturated heterocycles. The molecule has 0 saturated carbocycles. The van der Waals surface area contributed by atoms with Gasteiger partial charge in [-0.3, -0.25) is 4.57 Å². The van der Waals surface area contributed by atoms with Gasteiger partial charge in [0.2, 0.25) is 0 Å². The Morgan fingerprint density at radius 2 is 1.36 bits per heavy atom. The van der Waals surface area contributed by atoms with Gasteiger partial charge in [-0.05, 0) is 57.9 Å². The smallest absolute Gasteiger partial charge is 0.145 e. The van der Waals surface area contributed by atoms with Crippen LogP contribution in [0.4, 0.5) is 5.69 Å². The van der Waals surface area contributed by atoms with Crippen LogP contribution in [0.2, 0.25) is 0 Å². The van der Waals surface area contributed by atoms with E-state index in [1.54, 1.807) is 6.07 Å². The first-order valence-corrected chi connectivity index (χ1v) is 13.0. The Labute approximate surface area is 224 Å². The number of imidazole rings is 1. The van der Waals surface area contributed by atoms with E-state index in [4.69, 9.17) is 4.98 Å². The van der Waals surface area contributed by atoms with E-state index < -0.39 is 6.17 Å².